The van der Waals surface area contributed by atoms with Crippen LogP contribution in [0.5, 0.6) is 5.75 Å². The molecular formula is C18H22BrN3O. The van der Waals surface area contributed by atoms with E-state index in [1.165, 1.54) is 38.8 Å². The molecule has 1 aromatic carbocycles. The summed E-state index contributed by atoms with van der Waals surface area (Å²) in [6.45, 7) is 5.19. The van der Waals surface area contributed by atoms with Crippen molar-refractivity contribution in [3.05, 3.63) is 34.2 Å². The summed E-state index contributed by atoms with van der Waals surface area (Å²) in [4.78, 5) is 11.1. The molecule has 2 aliphatic heterocycles. The number of aromatic amines is 1. The van der Waals surface area contributed by atoms with E-state index < -0.39 is 0 Å². The predicted octanol–water partition coefficient (Wildman–Crippen LogP) is 4.67. The van der Waals surface area contributed by atoms with Gasteiger partial charge in [0, 0.05) is 10.0 Å². The normalized spacial score (nSPS) is 20.2. The second-order valence-electron chi connectivity index (χ2n) is 6.43. The lowest BCUT2D eigenvalue weighted by molar-refractivity contribution is 0.245. The van der Waals surface area contributed by atoms with E-state index in [2.05, 4.69) is 44.9 Å². The van der Waals surface area contributed by atoms with Gasteiger partial charge in [0.15, 0.2) is 0 Å². The lowest BCUT2D eigenvalue weighted by atomic mass is 10.1. The number of nitrogens with zero attached hydrogens (tertiary/aromatic N) is 2. The van der Waals surface area contributed by atoms with Gasteiger partial charge < -0.3 is 9.72 Å². The van der Waals surface area contributed by atoms with Gasteiger partial charge in [0.25, 0.3) is 0 Å². The third-order valence-corrected chi connectivity index (χ3v) is 5.34. The highest BCUT2D eigenvalue weighted by atomic mass is 79.9. The van der Waals surface area contributed by atoms with Crippen LogP contribution in [-0.4, -0.2) is 28.0 Å². The number of halogens is 1. The number of hydrogen-bond acceptors (Lipinski definition) is 3. The van der Waals surface area contributed by atoms with Crippen LogP contribution >= 0.6 is 15.9 Å². The number of fused-ring (bicyclic) bond motifs is 3. The Morgan fingerprint density at radius 1 is 1.43 bits per heavy atom. The maximum atomic E-state index is 5.88. The Morgan fingerprint density at radius 2 is 2.35 bits per heavy atom. The highest BCUT2D eigenvalue weighted by molar-refractivity contribution is 9.10. The molecule has 23 heavy (non-hydrogen) atoms. The highest BCUT2D eigenvalue weighted by Crippen LogP contribution is 2.40. The fourth-order valence-corrected chi connectivity index (χ4v) is 3.98. The number of ether oxygens (including phenoxy) is 1. The number of rotatable bonds is 4. The standard InChI is InChI=1S/C18H22BrN3O/c1-2-3-8-22-9-4-5-15(22)18-20-14-11-23-16-10-12(19)6-7-13(16)17(14)21-18/h6-7,10,15H,2-5,8-9,11H2,1H3,(H,20,21). The molecule has 0 radical (unpaired) electrons. The van der Waals surface area contributed by atoms with E-state index in [9.17, 15) is 0 Å². The lowest BCUT2D eigenvalue weighted by Crippen LogP contribution is -2.25. The Bertz CT molecular complexity index is 712. The van der Waals surface area contributed by atoms with E-state index in [0.717, 1.165) is 33.0 Å². The molecule has 4 nitrogen and oxygen atoms in total. The van der Waals surface area contributed by atoms with Crippen molar-refractivity contribution in [3.63, 3.8) is 0 Å². The molecule has 0 amide bonds. The van der Waals surface area contributed by atoms with Gasteiger partial charge in [-0.05, 0) is 50.6 Å². The molecule has 122 valence electrons. The number of unbranched alkanes of at least 4 members (excludes halogenated alkanes) is 1. The predicted molar refractivity (Wildman–Crippen MR) is 94.5 cm³/mol. The SMILES string of the molecule is CCCCN1CCCC1c1nc2c([nH]1)COc1cc(Br)ccc1-2. The maximum absolute atomic E-state index is 5.88. The molecule has 1 N–H and O–H groups in total. The number of benzene rings is 1. The zero-order valence-corrected chi connectivity index (χ0v) is 15.0. The van der Waals surface area contributed by atoms with E-state index >= 15 is 0 Å². The Morgan fingerprint density at radius 3 is 3.22 bits per heavy atom. The average molecular weight is 376 g/mol. The van der Waals surface area contributed by atoms with Crippen molar-refractivity contribution in [2.24, 2.45) is 0 Å². The smallest absolute Gasteiger partial charge is 0.130 e. The minimum Gasteiger partial charge on any atom is -0.487 e. The van der Waals surface area contributed by atoms with Gasteiger partial charge in [-0.25, -0.2) is 4.98 Å². The van der Waals surface area contributed by atoms with Gasteiger partial charge in [-0.1, -0.05) is 29.3 Å². The summed E-state index contributed by atoms with van der Waals surface area (Å²) in [5, 5.41) is 0. The van der Waals surface area contributed by atoms with E-state index in [0.29, 0.717) is 12.6 Å². The zero-order valence-electron chi connectivity index (χ0n) is 13.4. The molecule has 4 rings (SSSR count). The number of H-pyrrole nitrogens is 1. The Hall–Kier alpha value is -1.33. The zero-order chi connectivity index (χ0) is 15.8. The molecule has 1 atom stereocenters. The fraction of sp³-hybridized carbons (Fsp3) is 0.500. The molecular weight excluding hydrogens is 354 g/mol. The minimum absolute atomic E-state index is 0.436. The van der Waals surface area contributed by atoms with Crippen LogP contribution in [0.25, 0.3) is 11.3 Å². The quantitative estimate of drug-likeness (QED) is 0.843. The monoisotopic (exact) mass is 375 g/mol. The lowest BCUT2D eigenvalue weighted by Gasteiger charge is -2.22. The summed E-state index contributed by atoms with van der Waals surface area (Å²) in [6, 6.07) is 6.60. The molecule has 2 aromatic rings. The first-order valence-corrected chi connectivity index (χ1v) is 9.31. The molecule has 0 saturated carbocycles. The summed E-state index contributed by atoms with van der Waals surface area (Å²) in [6.07, 6.45) is 4.97. The van der Waals surface area contributed by atoms with Crippen LogP contribution in [0.3, 0.4) is 0 Å². The second-order valence-corrected chi connectivity index (χ2v) is 7.34. The Balaban J connectivity index is 1.65. The van der Waals surface area contributed by atoms with Crippen LogP contribution in [0.15, 0.2) is 22.7 Å². The molecule has 0 aliphatic carbocycles. The molecule has 1 aromatic heterocycles. The number of imidazole rings is 1. The van der Waals surface area contributed by atoms with Gasteiger partial charge in [0.2, 0.25) is 0 Å². The van der Waals surface area contributed by atoms with Crippen molar-refractivity contribution in [1.29, 1.82) is 0 Å². The third kappa shape index (κ3) is 2.81. The van der Waals surface area contributed by atoms with Crippen molar-refractivity contribution in [3.8, 4) is 17.0 Å². The van der Waals surface area contributed by atoms with Gasteiger partial charge in [0.05, 0.1) is 17.4 Å². The van der Waals surface area contributed by atoms with E-state index in [4.69, 9.17) is 9.72 Å². The van der Waals surface area contributed by atoms with Gasteiger partial charge >= 0.3 is 0 Å². The van der Waals surface area contributed by atoms with E-state index in [1.807, 2.05) is 6.07 Å². The molecule has 1 unspecified atom stereocenters. The van der Waals surface area contributed by atoms with Gasteiger partial charge in [-0.2, -0.15) is 0 Å². The van der Waals surface area contributed by atoms with Crippen molar-refractivity contribution >= 4 is 15.9 Å². The Kier molecular flexibility index (Phi) is 4.16. The van der Waals surface area contributed by atoms with Gasteiger partial charge in [0.1, 0.15) is 18.2 Å². The summed E-state index contributed by atoms with van der Waals surface area (Å²) in [5.74, 6) is 2.03. The van der Waals surface area contributed by atoms with Crippen molar-refractivity contribution in [1.82, 2.24) is 14.9 Å². The van der Waals surface area contributed by atoms with Crippen LogP contribution in [0.2, 0.25) is 0 Å². The molecule has 2 aliphatic rings. The second kappa shape index (κ2) is 6.29. The summed E-state index contributed by atoms with van der Waals surface area (Å²) < 4.78 is 6.92. The topological polar surface area (TPSA) is 41.2 Å². The number of nitrogens with one attached hydrogen (secondary N) is 1. The number of hydrogen-bond donors (Lipinski definition) is 1. The molecule has 0 spiro atoms. The van der Waals surface area contributed by atoms with Crippen LogP contribution in [0.4, 0.5) is 0 Å². The first kappa shape index (κ1) is 15.2. The van der Waals surface area contributed by atoms with E-state index in [-0.39, 0.29) is 0 Å². The van der Waals surface area contributed by atoms with Crippen LogP contribution in [0, 0.1) is 0 Å². The summed E-state index contributed by atoms with van der Waals surface area (Å²) in [5.41, 5.74) is 3.27. The van der Waals surface area contributed by atoms with Crippen molar-refractivity contribution in [2.45, 2.75) is 45.3 Å². The third-order valence-electron chi connectivity index (χ3n) is 4.85. The maximum Gasteiger partial charge on any atom is 0.130 e. The van der Waals surface area contributed by atoms with E-state index in [1.54, 1.807) is 0 Å². The number of likely N-dealkylation sites (tertiary alicyclic amines) is 1. The van der Waals surface area contributed by atoms with Crippen LogP contribution in [-0.2, 0) is 6.61 Å². The van der Waals surface area contributed by atoms with Crippen molar-refractivity contribution < 1.29 is 4.74 Å². The fourth-order valence-electron chi connectivity index (χ4n) is 3.64. The molecule has 1 saturated heterocycles. The van der Waals surface area contributed by atoms with Gasteiger partial charge in [-0.15, -0.1) is 0 Å². The molecule has 1 fully saturated rings. The first-order valence-electron chi connectivity index (χ1n) is 8.52. The summed E-state index contributed by atoms with van der Waals surface area (Å²) >= 11 is 3.51. The largest absolute Gasteiger partial charge is 0.487 e. The number of aromatic nitrogens is 2. The average Bonchev–Trinajstić information content (AvgIpc) is 3.18. The van der Waals surface area contributed by atoms with Crippen LogP contribution < -0.4 is 4.74 Å². The van der Waals surface area contributed by atoms with Gasteiger partial charge in [-0.3, -0.25) is 4.90 Å². The first-order chi connectivity index (χ1) is 11.3. The highest BCUT2D eigenvalue weighted by Gasteiger charge is 2.30. The minimum atomic E-state index is 0.436. The summed E-state index contributed by atoms with van der Waals surface area (Å²) in [7, 11) is 0. The Labute approximate surface area is 145 Å². The van der Waals surface area contributed by atoms with Crippen molar-refractivity contribution in [2.75, 3.05) is 13.1 Å². The molecule has 0 bridgehead atoms. The molecule has 3 heterocycles. The molecule has 5 heteroatoms. The van der Waals surface area contributed by atoms with Crippen LogP contribution in [0.1, 0.15) is 50.2 Å².